The first-order valence-corrected chi connectivity index (χ1v) is 8.65. The van der Waals surface area contributed by atoms with Gasteiger partial charge in [0.1, 0.15) is 18.1 Å². The number of hydrogen-bond donors (Lipinski definition) is 1. The highest BCUT2D eigenvalue weighted by atomic mass is 19.4. The summed E-state index contributed by atoms with van der Waals surface area (Å²) in [6.45, 7) is 0.283. The van der Waals surface area contributed by atoms with Gasteiger partial charge in [0.05, 0.1) is 24.9 Å². The number of methoxy groups -OCH3 is 1. The number of carbonyl (C=O) groups is 1. The first-order valence-electron chi connectivity index (χ1n) is 8.65. The highest BCUT2D eigenvalue weighted by molar-refractivity contribution is 5.92. The van der Waals surface area contributed by atoms with Crippen LogP contribution in [0.2, 0.25) is 0 Å². The third-order valence-electron chi connectivity index (χ3n) is 4.00. The zero-order valence-electron chi connectivity index (χ0n) is 15.4. The molecule has 0 saturated heterocycles. The molecule has 1 amide bonds. The molecule has 0 radical (unpaired) electrons. The van der Waals surface area contributed by atoms with Gasteiger partial charge in [-0.3, -0.25) is 4.79 Å². The van der Waals surface area contributed by atoms with Crippen molar-refractivity contribution < 1.29 is 27.4 Å². The van der Waals surface area contributed by atoms with Gasteiger partial charge in [0.15, 0.2) is 5.69 Å². The van der Waals surface area contributed by atoms with Crippen molar-refractivity contribution in [3.05, 3.63) is 72.1 Å². The van der Waals surface area contributed by atoms with Crippen LogP contribution in [0.1, 0.15) is 16.1 Å². The van der Waals surface area contributed by atoms with E-state index in [1.54, 1.807) is 36.2 Å². The molecular formula is C20H18F3N3O3. The van der Waals surface area contributed by atoms with Crippen LogP contribution in [0.15, 0.2) is 60.8 Å². The molecule has 0 unspecified atom stereocenters. The van der Waals surface area contributed by atoms with Crippen molar-refractivity contribution in [2.45, 2.75) is 6.18 Å². The van der Waals surface area contributed by atoms with E-state index in [9.17, 15) is 18.0 Å². The molecule has 29 heavy (non-hydrogen) atoms. The Bertz CT molecular complexity index is 952. The van der Waals surface area contributed by atoms with E-state index >= 15 is 0 Å². The van der Waals surface area contributed by atoms with Crippen molar-refractivity contribution in [2.75, 3.05) is 20.3 Å². The fourth-order valence-electron chi connectivity index (χ4n) is 2.49. The molecule has 0 aliphatic carbocycles. The van der Waals surface area contributed by atoms with E-state index in [0.717, 1.165) is 17.8 Å². The summed E-state index contributed by atoms with van der Waals surface area (Å²) in [5.41, 5.74) is 0.261. The number of nitrogens with one attached hydrogen (secondary N) is 1. The molecule has 2 aromatic carbocycles. The lowest BCUT2D eigenvalue weighted by Crippen LogP contribution is -2.28. The van der Waals surface area contributed by atoms with E-state index in [2.05, 4.69) is 10.4 Å². The van der Waals surface area contributed by atoms with E-state index < -0.39 is 11.7 Å². The van der Waals surface area contributed by atoms with Gasteiger partial charge in [-0.2, -0.15) is 18.3 Å². The van der Waals surface area contributed by atoms with Gasteiger partial charge >= 0.3 is 6.18 Å². The van der Waals surface area contributed by atoms with Crippen molar-refractivity contribution in [1.29, 1.82) is 0 Å². The van der Waals surface area contributed by atoms with E-state index in [1.807, 2.05) is 12.1 Å². The van der Waals surface area contributed by atoms with Gasteiger partial charge in [-0.05, 0) is 54.6 Å². The number of aromatic nitrogens is 2. The maximum atomic E-state index is 12.5. The maximum absolute atomic E-state index is 12.5. The molecule has 1 aromatic heterocycles. The van der Waals surface area contributed by atoms with Crippen LogP contribution in [0, 0.1) is 0 Å². The van der Waals surface area contributed by atoms with E-state index in [1.165, 1.54) is 12.1 Å². The minimum atomic E-state index is -4.39. The summed E-state index contributed by atoms with van der Waals surface area (Å²) in [5.74, 6) is 0.622. The predicted molar refractivity (Wildman–Crippen MR) is 99.4 cm³/mol. The Morgan fingerprint density at radius 1 is 1.03 bits per heavy atom. The van der Waals surface area contributed by atoms with Crippen LogP contribution >= 0.6 is 0 Å². The number of rotatable bonds is 7. The number of benzene rings is 2. The number of carbonyl (C=O) groups excluding carboxylic acids is 1. The lowest BCUT2D eigenvalue weighted by atomic mass is 10.2. The Hall–Kier alpha value is -3.49. The summed E-state index contributed by atoms with van der Waals surface area (Å²) in [6, 6.07) is 13.1. The predicted octanol–water partition coefficient (Wildman–Crippen LogP) is 3.71. The smallest absolute Gasteiger partial charge is 0.416 e. The number of ether oxygens (including phenoxy) is 2. The highest BCUT2D eigenvalue weighted by Gasteiger charge is 2.30. The molecule has 0 aliphatic rings. The van der Waals surface area contributed by atoms with Crippen molar-refractivity contribution >= 4 is 5.91 Å². The van der Waals surface area contributed by atoms with Crippen LogP contribution in [0.3, 0.4) is 0 Å². The van der Waals surface area contributed by atoms with Gasteiger partial charge in [-0.25, -0.2) is 4.68 Å². The Labute approximate surface area is 164 Å². The fourth-order valence-corrected chi connectivity index (χ4v) is 2.49. The zero-order chi connectivity index (χ0) is 20.9. The van der Waals surface area contributed by atoms with E-state index in [-0.39, 0.29) is 30.5 Å². The molecule has 0 spiro atoms. The molecule has 0 bridgehead atoms. The molecule has 6 nitrogen and oxygen atoms in total. The second-order valence-electron chi connectivity index (χ2n) is 5.97. The van der Waals surface area contributed by atoms with Gasteiger partial charge in [-0.15, -0.1) is 0 Å². The maximum Gasteiger partial charge on any atom is 0.416 e. The molecule has 1 heterocycles. The number of hydrogen-bond acceptors (Lipinski definition) is 4. The number of halogens is 3. The highest BCUT2D eigenvalue weighted by Crippen LogP contribution is 2.30. The van der Waals surface area contributed by atoms with Crippen molar-refractivity contribution in [2.24, 2.45) is 0 Å². The average Bonchev–Trinajstić information content (AvgIpc) is 3.21. The molecule has 0 atom stereocenters. The summed E-state index contributed by atoms with van der Waals surface area (Å²) in [5, 5.41) is 6.87. The Morgan fingerprint density at radius 2 is 1.69 bits per heavy atom. The third-order valence-corrected chi connectivity index (χ3v) is 4.00. The molecule has 0 aliphatic heterocycles. The minimum Gasteiger partial charge on any atom is -0.497 e. The largest absolute Gasteiger partial charge is 0.497 e. The molecular weight excluding hydrogens is 387 g/mol. The molecule has 152 valence electrons. The van der Waals surface area contributed by atoms with Crippen molar-refractivity contribution in [3.63, 3.8) is 0 Å². The van der Waals surface area contributed by atoms with Crippen LogP contribution in [0.25, 0.3) is 5.69 Å². The summed E-state index contributed by atoms with van der Waals surface area (Å²) >= 11 is 0. The number of nitrogens with zero attached hydrogens (tertiary/aromatic N) is 2. The molecule has 1 N–H and O–H groups in total. The van der Waals surface area contributed by atoms with E-state index in [4.69, 9.17) is 9.47 Å². The van der Waals surface area contributed by atoms with Crippen LogP contribution in [-0.2, 0) is 6.18 Å². The summed E-state index contributed by atoms with van der Waals surface area (Å²) in [4.78, 5) is 12.2. The SMILES string of the molecule is COc1ccc(-n2ccc(C(=O)NCCOc3ccc(C(F)(F)F)cc3)n2)cc1. The normalized spacial score (nSPS) is 11.2. The fraction of sp³-hybridized carbons (Fsp3) is 0.200. The molecule has 9 heteroatoms. The van der Waals surface area contributed by atoms with Crippen LogP contribution in [0.5, 0.6) is 11.5 Å². The molecule has 0 saturated carbocycles. The Morgan fingerprint density at radius 3 is 2.31 bits per heavy atom. The molecule has 3 aromatic rings. The Kier molecular flexibility index (Phi) is 6.06. The van der Waals surface area contributed by atoms with Gasteiger partial charge in [0, 0.05) is 6.20 Å². The lowest BCUT2D eigenvalue weighted by Gasteiger charge is -2.09. The minimum absolute atomic E-state index is 0.107. The quantitative estimate of drug-likeness (QED) is 0.609. The lowest BCUT2D eigenvalue weighted by molar-refractivity contribution is -0.137. The topological polar surface area (TPSA) is 65.4 Å². The van der Waals surface area contributed by atoms with Crippen LogP contribution < -0.4 is 14.8 Å². The number of amides is 1. The number of alkyl halides is 3. The third kappa shape index (κ3) is 5.28. The van der Waals surface area contributed by atoms with Crippen molar-refractivity contribution in [1.82, 2.24) is 15.1 Å². The summed E-state index contributed by atoms with van der Waals surface area (Å²) in [7, 11) is 1.58. The summed E-state index contributed by atoms with van der Waals surface area (Å²) < 4.78 is 49.6. The van der Waals surface area contributed by atoms with Gasteiger partial charge < -0.3 is 14.8 Å². The van der Waals surface area contributed by atoms with Crippen molar-refractivity contribution in [3.8, 4) is 17.2 Å². The standard InChI is InChI=1S/C20H18F3N3O3/c1-28-16-8-4-15(5-9-16)26-12-10-18(25-26)19(27)24-11-13-29-17-6-2-14(3-7-17)20(21,22)23/h2-10,12H,11,13H2,1H3,(H,24,27). The van der Waals surface area contributed by atoms with Crippen LogP contribution in [-0.4, -0.2) is 35.9 Å². The van der Waals surface area contributed by atoms with Gasteiger partial charge in [0.2, 0.25) is 0 Å². The second-order valence-corrected chi connectivity index (χ2v) is 5.97. The van der Waals surface area contributed by atoms with Crippen LogP contribution in [0.4, 0.5) is 13.2 Å². The molecule has 0 fully saturated rings. The molecule has 3 rings (SSSR count). The average molecular weight is 405 g/mol. The summed E-state index contributed by atoms with van der Waals surface area (Å²) in [6.07, 6.45) is -2.73. The van der Waals surface area contributed by atoms with Gasteiger partial charge in [0.25, 0.3) is 5.91 Å². The monoisotopic (exact) mass is 405 g/mol. The Balaban J connectivity index is 1.48. The zero-order valence-corrected chi connectivity index (χ0v) is 15.4. The van der Waals surface area contributed by atoms with Gasteiger partial charge in [-0.1, -0.05) is 0 Å². The first-order chi connectivity index (χ1) is 13.9. The first kappa shape index (κ1) is 20.2. The van der Waals surface area contributed by atoms with E-state index in [0.29, 0.717) is 5.75 Å². The second kappa shape index (κ2) is 8.68.